The number of carboxylic acid groups (broad SMARTS) is 1. The Bertz CT molecular complexity index is 485. The molecular weight excluding hydrogens is 238 g/mol. The van der Waals surface area contributed by atoms with Crippen LogP contribution in [0.2, 0.25) is 0 Å². The van der Waals surface area contributed by atoms with E-state index in [2.05, 4.69) is 0 Å². The van der Waals surface area contributed by atoms with Gasteiger partial charge in [-0.15, -0.1) is 0 Å². The van der Waals surface area contributed by atoms with Crippen LogP contribution >= 0.6 is 0 Å². The highest BCUT2D eigenvalue weighted by molar-refractivity contribution is 5.84. The van der Waals surface area contributed by atoms with E-state index in [4.69, 9.17) is 5.11 Å². The third-order valence-corrected chi connectivity index (χ3v) is 4.07. The Hall–Kier alpha value is -1.45. The molecule has 0 unspecified atom stereocenters. The lowest BCUT2D eigenvalue weighted by Crippen LogP contribution is -2.20. The van der Waals surface area contributed by atoms with Gasteiger partial charge in [-0.05, 0) is 31.2 Å². The van der Waals surface area contributed by atoms with Crippen LogP contribution in [0.4, 0.5) is 8.78 Å². The summed E-state index contributed by atoms with van der Waals surface area (Å²) in [6, 6.07) is 5.87. The molecular formula is C14H14F2O2. The van der Waals surface area contributed by atoms with Crippen LogP contribution in [0.3, 0.4) is 0 Å². The molecule has 0 atom stereocenters. The monoisotopic (exact) mass is 252 g/mol. The minimum atomic E-state index is -2.77. The normalized spacial score (nSPS) is 21.7. The average Bonchev–Trinajstić information content (AvgIpc) is 3.19. The van der Waals surface area contributed by atoms with Crippen molar-refractivity contribution in [2.75, 3.05) is 0 Å². The van der Waals surface area contributed by atoms with Crippen molar-refractivity contribution in [2.45, 2.75) is 37.0 Å². The van der Waals surface area contributed by atoms with Crippen LogP contribution in [-0.2, 0) is 16.1 Å². The standard InChI is InChI=1S/C14H14F2O2/c15-14(16,11-5-6-11)10-3-1-9(2-4-10)13(7-8-13)12(17)18/h1-4,11H,5-8H2,(H,17,18). The summed E-state index contributed by atoms with van der Waals surface area (Å²) < 4.78 is 27.7. The maximum absolute atomic E-state index is 13.8. The summed E-state index contributed by atoms with van der Waals surface area (Å²) in [5, 5.41) is 9.14. The van der Waals surface area contributed by atoms with E-state index in [9.17, 15) is 13.6 Å². The van der Waals surface area contributed by atoms with Gasteiger partial charge in [0.1, 0.15) is 0 Å². The molecule has 18 heavy (non-hydrogen) atoms. The van der Waals surface area contributed by atoms with Gasteiger partial charge < -0.3 is 5.11 Å². The summed E-state index contributed by atoms with van der Waals surface area (Å²) in [5.74, 6) is -4.15. The molecule has 2 aliphatic rings. The Balaban J connectivity index is 1.88. The number of hydrogen-bond donors (Lipinski definition) is 1. The van der Waals surface area contributed by atoms with Gasteiger partial charge in [0, 0.05) is 11.5 Å². The van der Waals surface area contributed by atoms with Crippen LogP contribution in [0, 0.1) is 5.92 Å². The molecule has 0 aromatic heterocycles. The van der Waals surface area contributed by atoms with Crippen molar-refractivity contribution in [3.05, 3.63) is 35.4 Å². The molecule has 3 rings (SSSR count). The molecule has 0 radical (unpaired) electrons. The topological polar surface area (TPSA) is 37.3 Å². The lowest BCUT2D eigenvalue weighted by Gasteiger charge is -2.17. The van der Waals surface area contributed by atoms with Crippen molar-refractivity contribution >= 4 is 5.97 Å². The van der Waals surface area contributed by atoms with Gasteiger partial charge in [0.2, 0.25) is 0 Å². The number of carboxylic acids is 1. The Kier molecular flexibility index (Phi) is 2.28. The fourth-order valence-corrected chi connectivity index (χ4v) is 2.44. The lowest BCUT2D eigenvalue weighted by atomic mass is 9.93. The maximum atomic E-state index is 13.8. The summed E-state index contributed by atoms with van der Waals surface area (Å²) in [6.07, 6.45) is 2.35. The molecule has 0 aliphatic heterocycles. The SMILES string of the molecule is O=C(O)C1(c2ccc(C(F)(F)C3CC3)cc2)CC1. The second-order valence-electron chi connectivity index (χ2n) is 5.36. The number of benzene rings is 1. The van der Waals surface area contributed by atoms with Crippen LogP contribution in [0.25, 0.3) is 0 Å². The van der Waals surface area contributed by atoms with E-state index in [0.717, 1.165) is 0 Å². The zero-order valence-electron chi connectivity index (χ0n) is 9.83. The quantitative estimate of drug-likeness (QED) is 0.892. The summed E-state index contributed by atoms with van der Waals surface area (Å²) in [5.41, 5.74) is -0.159. The highest BCUT2D eigenvalue weighted by Crippen LogP contribution is 2.51. The largest absolute Gasteiger partial charge is 0.481 e. The molecule has 0 spiro atoms. The minimum absolute atomic E-state index is 0.00920. The van der Waals surface area contributed by atoms with E-state index < -0.39 is 23.2 Å². The van der Waals surface area contributed by atoms with Gasteiger partial charge in [-0.25, -0.2) is 8.78 Å². The second-order valence-corrected chi connectivity index (χ2v) is 5.36. The first-order valence-electron chi connectivity index (χ1n) is 6.19. The van der Waals surface area contributed by atoms with Crippen LogP contribution in [-0.4, -0.2) is 11.1 Å². The van der Waals surface area contributed by atoms with E-state index in [-0.39, 0.29) is 5.56 Å². The summed E-state index contributed by atoms with van der Waals surface area (Å²) in [4.78, 5) is 11.1. The van der Waals surface area contributed by atoms with Crippen LogP contribution in [0.15, 0.2) is 24.3 Å². The molecule has 0 bridgehead atoms. The van der Waals surface area contributed by atoms with Crippen molar-refractivity contribution in [2.24, 2.45) is 5.92 Å². The number of hydrogen-bond acceptors (Lipinski definition) is 1. The Morgan fingerprint density at radius 2 is 1.78 bits per heavy atom. The highest BCUT2D eigenvalue weighted by Gasteiger charge is 2.52. The first-order valence-corrected chi connectivity index (χ1v) is 6.19. The molecule has 2 nitrogen and oxygen atoms in total. The van der Waals surface area contributed by atoms with E-state index in [1.807, 2.05) is 0 Å². The van der Waals surface area contributed by atoms with E-state index in [0.29, 0.717) is 31.2 Å². The van der Waals surface area contributed by atoms with E-state index in [1.165, 1.54) is 12.1 Å². The zero-order chi connectivity index (χ0) is 13.0. The number of aliphatic carboxylic acids is 1. The minimum Gasteiger partial charge on any atom is -0.481 e. The number of halogens is 2. The fraction of sp³-hybridized carbons (Fsp3) is 0.500. The molecule has 0 amide bonds. The molecule has 2 saturated carbocycles. The van der Waals surface area contributed by atoms with Gasteiger partial charge >= 0.3 is 5.97 Å². The van der Waals surface area contributed by atoms with Gasteiger partial charge in [-0.2, -0.15) is 0 Å². The molecule has 96 valence electrons. The number of rotatable bonds is 4. The van der Waals surface area contributed by atoms with Crippen molar-refractivity contribution in [1.29, 1.82) is 0 Å². The fourth-order valence-electron chi connectivity index (χ4n) is 2.44. The highest BCUT2D eigenvalue weighted by atomic mass is 19.3. The van der Waals surface area contributed by atoms with Crippen LogP contribution in [0.1, 0.15) is 36.8 Å². The third kappa shape index (κ3) is 1.62. The predicted octanol–water partition coefficient (Wildman–Crippen LogP) is 3.30. The molecule has 1 aromatic rings. The van der Waals surface area contributed by atoms with Gasteiger partial charge in [0.25, 0.3) is 5.92 Å². The van der Waals surface area contributed by atoms with E-state index >= 15 is 0 Å². The molecule has 2 fully saturated rings. The average molecular weight is 252 g/mol. The van der Waals surface area contributed by atoms with Crippen LogP contribution < -0.4 is 0 Å². The van der Waals surface area contributed by atoms with Crippen molar-refractivity contribution < 1.29 is 18.7 Å². The van der Waals surface area contributed by atoms with Gasteiger partial charge in [0.15, 0.2) is 0 Å². The van der Waals surface area contributed by atoms with Gasteiger partial charge in [-0.3, -0.25) is 4.79 Å². The van der Waals surface area contributed by atoms with Crippen molar-refractivity contribution in [3.63, 3.8) is 0 Å². The number of carbonyl (C=O) groups is 1. The zero-order valence-corrected chi connectivity index (χ0v) is 9.83. The third-order valence-electron chi connectivity index (χ3n) is 4.07. The van der Waals surface area contributed by atoms with Crippen LogP contribution in [0.5, 0.6) is 0 Å². The van der Waals surface area contributed by atoms with Gasteiger partial charge in [-0.1, -0.05) is 24.3 Å². The number of alkyl halides is 2. The molecule has 4 heteroatoms. The Morgan fingerprint density at radius 3 is 2.17 bits per heavy atom. The lowest BCUT2D eigenvalue weighted by molar-refractivity contribution is -0.140. The smallest absolute Gasteiger partial charge is 0.314 e. The van der Waals surface area contributed by atoms with Crippen molar-refractivity contribution in [3.8, 4) is 0 Å². The predicted molar refractivity (Wildman–Crippen MR) is 61.6 cm³/mol. The molecule has 1 aromatic carbocycles. The second kappa shape index (κ2) is 3.53. The molecule has 1 N–H and O–H groups in total. The van der Waals surface area contributed by atoms with E-state index in [1.54, 1.807) is 12.1 Å². The summed E-state index contributed by atoms with van der Waals surface area (Å²) >= 11 is 0. The first kappa shape index (κ1) is 11.6. The molecule has 0 saturated heterocycles. The summed E-state index contributed by atoms with van der Waals surface area (Å²) in [7, 11) is 0. The first-order chi connectivity index (χ1) is 8.47. The summed E-state index contributed by atoms with van der Waals surface area (Å²) in [6.45, 7) is 0. The maximum Gasteiger partial charge on any atom is 0.314 e. The van der Waals surface area contributed by atoms with Crippen molar-refractivity contribution in [1.82, 2.24) is 0 Å². The molecule has 0 heterocycles. The Morgan fingerprint density at radius 1 is 1.22 bits per heavy atom. The Labute approximate surface area is 104 Å². The molecule has 2 aliphatic carbocycles. The van der Waals surface area contributed by atoms with Gasteiger partial charge in [0.05, 0.1) is 5.41 Å².